The van der Waals surface area contributed by atoms with Gasteiger partial charge in [0.2, 0.25) is 0 Å². The summed E-state index contributed by atoms with van der Waals surface area (Å²) in [6.07, 6.45) is 3.27. The van der Waals surface area contributed by atoms with Crippen LogP contribution in [0.2, 0.25) is 0 Å². The maximum absolute atomic E-state index is 13.1. The van der Waals surface area contributed by atoms with Crippen LogP contribution in [0.1, 0.15) is 37.8 Å². The molecule has 1 aliphatic heterocycles. The van der Waals surface area contributed by atoms with Gasteiger partial charge in [0, 0.05) is 30.9 Å². The largest absolute Gasteiger partial charge is 0.493 e. The van der Waals surface area contributed by atoms with E-state index < -0.39 is 6.10 Å². The van der Waals surface area contributed by atoms with Gasteiger partial charge in [0.15, 0.2) is 17.6 Å². The van der Waals surface area contributed by atoms with Crippen molar-refractivity contribution in [3.63, 3.8) is 0 Å². The number of aromatic amines is 1. The molecule has 0 spiro atoms. The van der Waals surface area contributed by atoms with Crippen LogP contribution in [0.25, 0.3) is 10.9 Å². The molecule has 0 aliphatic carbocycles. The van der Waals surface area contributed by atoms with E-state index >= 15 is 0 Å². The smallest absolute Gasteiger partial charge is 0.263 e. The van der Waals surface area contributed by atoms with E-state index in [-0.39, 0.29) is 17.4 Å². The van der Waals surface area contributed by atoms with Gasteiger partial charge in [0.25, 0.3) is 11.5 Å². The molecule has 1 fully saturated rings. The highest BCUT2D eigenvalue weighted by molar-refractivity contribution is 5.81. The zero-order chi connectivity index (χ0) is 21.8. The number of para-hydroxylation sites is 2. The molecule has 1 saturated heterocycles. The van der Waals surface area contributed by atoms with Crippen molar-refractivity contribution in [1.29, 1.82) is 0 Å². The number of nitrogens with one attached hydrogen (secondary N) is 1. The van der Waals surface area contributed by atoms with Gasteiger partial charge in [0.05, 0.1) is 18.0 Å². The molecule has 7 heteroatoms. The van der Waals surface area contributed by atoms with Crippen molar-refractivity contribution in [2.45, 2.75) is 38.2 Å². The molecule has 0 radical (unpaired) electrons. The van der Waals surface area contributed by atoms with Gasteiger partial charge in [-0.3, -0.25) is 14.6 Å². The number of ether oxygens (including phenoxy) is 2. The van der Waals surface area contributed by atoms with E-state index in [0.29, 0.717) is 41.9 Å². The Balaban J connectivity index is 1.43. The van der Waals surface area contributed by atoms with Crippen LogP contribution in [0.15, 0.2) is 53.5 Å². The van der Waals surface area contributed by atoms with Gasteiger partial charge in [-0.25, -0.2) is 0 Å². The number of piperidine rings is 1. The molecule has 31 heavy (non-hydrogen) atoms. The summed E-state index contributed by atoms with van der Waals surface area (Å²) in [5.74, 6) is 1.36. The summed E-state index contributed by atoms with van der Waals surface area (Å²) in [6.45, 7) is 3.19. The topological polar surface area (TPSA) is 84.5 Å². The van der Waals surface area contributed by atoms with Gasteiger partial charge in [-0.05, 0) is 49.6 Å². The third-order valence-corrected chi connectivity index (χ3v) is 5.86. The second kappa shape index (κ2) is 9.20. The van der Waals surface area contributed by atoms with Gasteiger partial charge < -0.3 is 19.4 Å². The molecule has 1 N–H and O–H groups in total. The van der Waals surface area contributed by atoms with Crippen LogP contribution in [-0.2, 0) is 4.79 Å². The van der Waals surface area contributed by atoms with Crippen molar-refractivity contribution >= 4 is 16.8 Å². The van der Waals surface area contributed by atoms with Crippen molar-refractivity contribution in [2.75, 3.05) is 20.2 Å². The minimum absolute atomic E-state index is 0.0134. The Morgan fingerprint density at radius 3 is 2.65 bits per heavy atom. The number of likely N-dealkylation sites (tertiary alicyclic amines) is 1. The molecule has 2 aromatic heterocycles. The van der Waals surface area contributed by atoms with E-state index in [9.17, 15) is 9.59 Å². The highest BCUT2D eigenvalue weighted by Gasteiger charge is 2.30. The fraction of sp³-hybridized carbons (Fsp3) is 0.375. The first-order valence-corrected chi connectivity index (χ1v) is 10.7. The highest BCUT2D eigenvalue weighted by atomic mass is 16.5. The molecule has 0 saturated carbocycles. The molecular formula is C24H27N3O4. The molecule has 1 atom stereocenters. The predicted molar refractivity (Wildman–Crippen MR) is 119 cm³/mol. The normalized spacial score (nSPS) is 15.6. The third kappa shape index (κ3) is 4.40. The average Bonchev–Trinajstić information content (AvgIpc) is 2.82. The van der Waals surface area contributed by atoms with Crippen LogP contribution >= 0.6 is 0 Å². The van der Waals surface area contributed by atoms with Gasteiger partial charge >= 0.3 is 0 Å². The van der Waals surface area contributed by atoms with Gasteiger partial charge in [-0.15, -0.1) is 0 Å². The van der Waals surface area contributed by atoms with E-state index in [1.165, 1.54) is 0 Å². The number of fused-ring (bicyclic) bond motifs is 1. The van der Waals surface area contributed by atoms with Crippen molar-refractivity contribution in [2.24, 2.45) is 0 Å². The molecule has 162 valence electrons. The van der Waals surface area contributed by atoms with Crippen LogP contribution < -0.4 is 15.0 Å². The number of rotatable bonds is 6. The lowest BCUT2D eigenvalue weighted by molar-refractivity contribution is -0.140. The van der Waals surface area contributed by atoms with Gasteiger partial charge in [0.1, 0.15) is 0 Å². The maximum Gasteiger partial charge on any atom is 0.263 e. The van der Waals surface area contributed by atoms with E-state index in [0.717, 1.165) is 18.5 Å². The number of hydrogen-bond acceptors (Lipinski definition) is 5. The molecule has 1 aromatic carbocycles. The SMILES string of the molecule is CCC(Oc1ccccc1OC)C(=O)N1CCC(c2cc3ncccc3c(=O)[nH]2)CC1. The number of aromatic nitrogens is 2. The summed E-state index contributed by atoms with van der Waals surface area (Å²) in [6, 6.07) is 12.9. The Hall–Kier alpha value is -3.35. The number of pyridine rings is 2. The molecule has 7 nitrogen and oxygen atoms in total. The summed E-state index contributed by atoms with van der Waals surface area (Å²) in [4.78, 5) is 34.7. The van der Waals surface area contributed by atoms with Crippen LogP contribution in [-0.4, -0.2) is 47.1 Å². The second-order valence-electron chi connectivity index (χ2n) is 7.76. The van der Waals surface area contributed by atoms with Crippen molar-refractivity contribution in [3.05, 3.63) is 64.7 Å². The molecular weight excluding hydrogens is 394 g/mol. The average molecular weight is 421 g/mol. The van der Waals surface area contributed by atoms with Crippen molar-refractivity contribution in [3.8, 4) is 11.5 Å². The lowest BCUT2D eigenvalue weighted by atomic mass is 9.92. The van der Waals surface area contributed by atoms with Crippen LogP contribution in [0, 0.1) is 0 Å². The maximum atomic E-state index is 13.1. The quantitative estimate of drug-likeness (QED) is 0.659. The first-order valence-electron chi connectivity index (χ1n) is 10.7. The summed E-state index contributed by atoms with van der Waals surface area (Å²) >= 11 is 0. The number of benzene rings is 1. The van der Waals surface area contributed by atoms with Gasteiger partial charge in [-0.2, -0.15) is 0 Å². The first kappa shape index (κ1) is 20.9. The Morgan fingerprint density at radius 2 is 1.94 bits per heavy atom. The zero-order valence-corrected chi connectivity index (χ0v) is 17.8. The van der Waals surface area contributed by atoms with E-state index in [1.807, 2.05) is 42.2 Å². The Bertz CT molecular complexity index is 1120. The number of carbonyl (C=O) groups excluding carboxylic acids is 1. The number of amides is 1. The first-order chi connectivity index (χ1) is 15.1. The second-order valence-corrected chi connectivity index (χ2v) is 7.76. The minimum Gasteiger partial charge on any atom is -0.493 e. The Labute approximate surface area is 181 Å². The summed E-state index contributed by atoms with van der Waals surface area (Å²) in [7, 11) is 1.59. The number of nitrogens with zero attached hydrogens (tertiary/aromatic N) is 2. The van der Waals surface area contributed by atoms with Gasteiger partial charge in [-0.1, -0.05) is 19.1 Å². The molecule has 3 aromatic rings. The van der Waals surface area contributed by atoms with Crippen molar-refractivity contribution < 1.29 is 14.3 Å². The highest BCUT2D eigenvalue weighted by Crippen LogP contribution is 2.30. The van der Waals surface area contributed by atoms with Crippen molar-refractivity contribution in [1.82, 2.24) is 14.9 Å². The molecule has 0 bridgehead atoms. The third-order valence-electron chi connectivity index (χ3n) is 5.86. The molecule has 3 heterocycles. The molecule has 1 aliphatic rings. The monoisotopic (exact) mass is 421 g/mol. The minimum atomic E-state index is -0.558. The molecule has 1 amide bonds. The fourth-order valence-corrected chi connectivity index (χ4v) is 4.12. The Morgan fingerprint density at radius 1 is 1.19 bits per heavy atom. The molecule has 4 rings (SSSR count). The van der Waals surface area contributed by atoms with E-state index in [2.05, 4.69) is 9.97 Å². The van der Waals surface area contributed by atoms with Crippen LogP contribution in [0.4, 0.5) is 0 Å². The van der Waals surface area contributed by atoms with Crippen LogP contribution in [0.3, 0.4) is 0 Å². The zero-order valence-electron chi connectivity index (χ0n) is 17.8. The predicted octanol–water partition coefficient (Wildman–Crippen LogP) is 3.50. The molecule has 1 unspecified atom stereocenters. The summed E-state index contributed by atoms with van der Waals surface area (Å²) in [5.41, 5.74) is 1.48. The number of carbonyl (C=O) groups is 1. The fourth-order valence-electron chi connectivity index (χ4n) is 4.12. The Kier molecular flexibility index (Phi) is 6.21. The summed E-state index contributed by atoms with van der Waals surface area (Å²) in [5, 5.41) is 0.596. The van der Waals surface area contributed by atoms with E-state index in [4.69, 9.17) is 9.47 Å². The standard InChI is InChI=1S/C24H27N3O4/c1-3-20(31-22-9-5-4-8-21(22)30-2)24(29)27-13-10-16(11-14-27)18-15-19-17(23(28)26-18)7-6-12-25-19/h4-9,12,15-16,20H,3,10-11,13-14H2,1-2H3,(H,26,28). The van der Waals surface area contributed by atoms with E-state index in [1.54, 1.807) is 25.4 Å². The van der Waals surface area contributed by atoms with Crippen LogP contribution in [0.5, 0.6) is 11.5 Å². The lowest BCUT2D eigenvalue weighted by Crippen LogP contribution is -2.45. The lowest BCUT2D eigenvalue weighted by Gasteiger charge is -2.34. The summed E-state index contributed by atoms with van der Waals surface area (Å²) < 4.78 is 11.3. The number of hydrogen-bond donors (Lipinski definition) is 1. The number of H-pyrrole nitrogens is 1. The number of methoxy groups -OCH3 is 1.